The van der Waals surface area contributed by atoms with Gasteiger partial charge in [-0.05, 0) is 69.0 Å². The lowest BCUT2D eigenvalue weighted by atomic mass is 9.83. The predicted octanol–water partition coefficient (Wildman–Crippen LogP) is 5.00. The fraction of sp³-hybridized carbons (Fsp3) is 0.516. The second-order valence-electron chi connectivity index (χ2n) is 11.5. The number of hydrogen-bond acceptors (Lipinski definition) is 7. The van der Waals surface area contributed by atoms with Crippen LogP contribution in [0.15, 0.2) is 18.2 Å². The van der Waals surface area contributed by atoms with Gasteiger partial charge in [-0.15, -0.1) is 0 Å². The molecule has 0 radical (unpaired) electrons. The lowest BCUT2D eigenvalue weighted by Gasteiger charge is -2.27. The van der Waals surface area contributed by atoms with Crippen molar-refractivity contribution in [3.05, 3.63) is 51.8 Å². The third kappa shape index (κ3) is 6.64. The molecule has 1 saturated heterocycles. The standard InChI is InChI=1S/C31H40FN3O6/c1-6-39-24-14-20-16-35(30(33)26(20)27(32)29(24)40-7-2)17-23(36)19-12-21(15-34-10-8-9-11-34)28(41-18-25(37)38)22(13-19)31(3,4)5/h12-14,33H,6-11,15-18H2,1-5H3,(H,37,38). The summed E-state index contributed by atoms with van der Waals surface area (Å²) in [6.07, 6.45) is 2.17. The topological polar surface area (TPSA) is 112 Å². The molecule has 2 aromatic rings. The first-order valence-corrected chi connectivity index (χ1v) is 14.2. The lowest BCUT2D eigenvalue weighted by molar-refractivity contribution is -0.139. The molecule has 4 rings (SSSR count). The van der Waals surface area contributed by atoms with E-state index in [0.717, 1.165) is 37.1 Å². The summed E-state index contributed by atoms with van der Waals surface area (Å²) < 4.78 is 32.4. The zero-order valence-corrected chi connectivity index (χ0v) is 24.6. The van der Waals surface area contributed by atoms with Crippen LogP contribution in [0.3, 0.4) is 0 Å². The molecule has 2 aliphatic rings. The van der Waals surface area contributed by atoms with Crippen LogP contribution in [-0.2, 0) is 23.3 Å². The van der Waals surface area contributed by atoms with E-state index in [1.54, 1.807) is 36.9 Å². The number of fused-ring (bicyclic) bond motifs is 1. The van der Waals surface area contributed by atoms with Crippen molar-refractivity contribution in [1.82, 2.24) is 9.80 Å². The Labute approximate surface area is 240 Å². The Kier molecular flexibility index (Phi) is 9.21. The Hall–Kier alpha value is -3.66. The maximum Gasteiger partial charge on any atom is 0.341 e. The summed E-state index contributed by atoms with van der Waals surface area (Å²) in [7, 11) is 0. The molecule has 2 heterocycles. The van der Waals surface area contributed by atoms with E-state index in [4.69, 9.17) is 19.6 Å². The van der Waals surface area contributed by atoms with Crippen LogP contribution in [0.5, 0.6) is 17.2 Å². The van der Waals surface area contributed by atoms with Gasteiger partial charge in [0.05, 0.1) is 25.3 Å². The van der Waals surface area contributed by atoms with Gasteiger partial charge in [0, 0.05) is 29.8 Å². The third-order valence-corrected chi connectivity index (χ3v) is 7.33. The SMILES string of the molecule is CCOc1cc2c(c(F)c1OCC)C(=N)N(CC(=O)c1cc(CN3CCCC3)c(OCC(=O)O)c(C(C)(C)C)c1)C2. The van der Waals surface area contributed by atoms with Gasteiger partial charge in [-0.2, -0.15) is 0 Å². The molecule has 41 heavy (non-hydrogen) atoms. The number of carboxylic acid groups (broad SMARTS) is 1. The van der Waals surface area contributed by atoms with Crippen LogP contribution in [0.1, 0.15) is 80.1 Å². The highest BCUT2D eigenvalue weighted by Gasteiger charge is 2.34. The van der Waals surface area contributed by atoms with Gasteiger partial charge in [-0.25, -0.2) is 9.18 Å². The van der Waals surface area contributed by atoms with E-state index in [1.807, 2.05) is 20.8 Å². The van der Waals surface area contributed by atoms with Crippen LogP contribution in [0.4, 0.5) is 4.39 Å². The van der Waals surface area contributed by atoms with Crippen molar-refractivity contribution in [3.63, 3.8) is 0 Å². The number of halogens is 1. The van der Waals surface area contributed by atoms with E-state index in [9.17, 15) is 14.7 Å². The summed E-state index contributed by atoms with van der Waals surface area (Å²) in [6, 6.07) is 5.23. The molecule has 2 aromatic carbocycles. The number of benzene rings is 2. The number of ketones is 1. The minimum Gasteiger partial charge on any atom is -0.490 e. The zero-order valence-electron chi connectivity index (χ0n) is 24.6. The van der Waals surface area contributed by atoms with Gasteiger partial charge in [0.1, 0.15) is 11.6 Å². The smallest absolute Gasteiger partial charge is 0.341 e. The number of nitrogens with zero attached hydrogens (tertiary/aromatic N) is 2. The number of carbonyl (C=O) groups is 2. The number of nitrogens with one attached hydrogen (secondary N) is 1. The van der Waals surface area contributed by atoms with Crippen LogP contribution < -0.4 is 14.2 Å². The molecule has 1 fully saturated rings. The maximum absolute atomic E-state index is 15.5. The van der Waals surface area contributed by atoms with Gasteiger partial charge >= 0.3 is 5.97 Å². The molecule has 0 aliphatic carbocycles. The Morgan fingerprint density at radius 3 is 2.32 bits per heavy atom. The minimum absolute atomic E-state index is 0.0238. The summed E-state index contributed by atoms with van der Waals surface area (Å²) in [5.74, 6) is -1.28. The first kappa shape index (κ1) is 30.3. The second-order valence-corrected chi connectivity index (χ2v) is 11.5. The number of Topliss-reactive ketones (excluding diaryl/α,β-unsaturated/α-hetero) is 1. The second kappa shape index (κ2) is 12.5. The number of likely N-dealkylation sites (tertiary alicyclic amines) is 1. The van der Waals surface area contributed by atoms with Crippen molar-refractivity contribution in [2.24, 2.45) is 0 Å². The number of ether oxygens (including phenoxy) is 3. The highest BCUT2D eigenvalue weighted by Crippen LogP contribution is 2.40. The number of hydrogen-bond donors (Lipinski definition) is 2. The number of aliphatic carboxylic acids is 1. The highest BCUT2D eigenvalue weighted by molar-refractivity contribution is 6.06. The van der Waals surface area contributed by atoms with Gasteiger partial charge in [-0.1, -0.05) is 20.8 Å². The third-order valence-electron chi connectivity index (χ3n) is 7.33. The van der Waals surface area contributed by atoms with Crippen LogP contribution in [0, 0.1) is 11.2 Å². The molecular weight excluding hydrogens is 529 g/mol. The van der Waals surface area contributed by atoms with Crippen LogP contribution in [0.2, 0.25) is 0 Å². The average Bonchev–Trinajstić information content (AvgIpc) is 3.52. The first-order valence-electron chi connectivity index (χ1n) is 14.2. The Bertz CT molecular complexity index is 1330. The molecule has 0 unspecified atom stereocenters. The summed E-state index contributed by atoms with van der Waals surface area (Å²) in [5, 5.41) is 18.0. The van der Waals surface area contributed by atoms with Gasteiger partial charge < -0.3 is 24.2 Å². The molecule has 0 bridgehead atoms. The molecular formula is C31H40FN3O6. The van der Waals surface area contributed by atoms with E-state index in [0.29, 0.717) is 30.0 Å². The molecule has 2 aliphatic heterocycles. The number of amidine groups is 1. The van der Waals surface area contributed by atoms with Crippen LogP contribution in [-0.4, -0.2) is 71.9 Å². The van der Waals surface area contributed by atoms with Crippen LogP contribution >= 0.6 is 0 Å². The van der Waals surface area contributed by atoms with Crippen molar-refractivity contribution in [2.75, 3.05) is 39.5 Å². The Morgan fingerprint density at radius 2 is 1.71 bits per heavy atom. The normalized spacial score (nSPS) is 15.3. The Balaban J connectivity index is 1.67. The monoisotopic (exact) mass is 569 g/mol. The molecule has 0 amide bonds. The molecule has 2 N–H and O–H groups in total. The summed E-state index contributed by atoms with van der Waals surface area (Å²) in [4.78, 5) is 28.9. The van der Waals surface area contributed by atoms with E-state index in [2.05, 4.69) is 4.90 Å². The summed E-state index contributed by atoms with van der Waals surface area (Å²) in [6.45, 7) is 12.1. The number of rotatable bonds is 12. The van der Waals surface area contributed by atoms with Gasteiger partial charge in [0.2, 0.25) is 0 Å². The lowest BCUT2D eigenvalue weighted by Crippen LogP contribution is -2.31. The Morgan fingerprint density at radius 1 is 1.02 bits per heavy atom. The fourth-order valence-corrected chi connectivity index (χ4v) is 5.43. The highest BCUT2D eigenvalue weighted by atomic mass is 19.1. The van der Waals surface area contributed by atoms with E-state index >= 15 is 4.39 Å². The summed E-state index contributed by atoms with van der Waals surface area (Å²) in [5.41, 5.74) is 2.20. The summed E-state index contributed by atoms with van der Waals surface area (Å²) >= 11 is 0. The maximum atomic E-state index is 15.5. The van der Waals surface area contributed by atoms with E-state index in [-0.39, 0.29) is 48.4 Å². The quantitative estimate of drug-likeness (QED) is 0.344. The average molecular weight is 570 g/mol. The fourth-order valence-electron chi connectivity index (χ4n) is 5.43. The molecule has 10 heteroatoms. The van der Waals surface area contributed by atoms with Crippen LogP contribution in [0.25, 0.3) is 0 Å². The molecule has 222 valence electrons. The van der Waals surface area contributed by atoms with E-state index in [1.165, 1.54) is 0 Å². The van der Waals surface area contributed by atoms with Crippen molar-refractivity contribution < 1.29 is 33.3 Å². The number of carboxylic acids is 1. The van der Waals surface area contributed by atoms with Gasteiger partial charge in [0.25, 0.3) is 0 Å². The first-order chi connectivity index (χ1) is 19.4. The molecule has 0 atom stereocenters. The largest absolute Gasteiger partial charge is 0.490 e. The molecule has 0 spiro atoms. The van der Waals surface area contributed by atoms with Gasteiger partial charge in [0.15, 0.2) is 29.7 Å². The molecule has 0 saturated carbocycles. The molecule has 9 nitrogen and oxygen atoms in total. The van der Waals surface area contributed by atoms with Gasteiger partial charge in [-0.3, -0.25) is 15.1 Å². The zero-order chi connectivity index (χ0) is 29.9. The minimum atomic E-state index is -1.07. The van der Waals surface area contributed by atoms with Crippen molar-refractivity contribution >= 4 is 17.6 Å². The van der Waals surface area contributed by atoms with E-state index < -0.39 is 23.8 Å². The predicted molar refractivity (Wildman–Crippen MR) is 153 cm³/mol. The molecule has 0 aromatic heterocycles. The van der Waals surface area contributed by atoms with Crippen molar-refractivity contribution in [1.29, 1.82) is 5.41 Å². The van der Waals surface area contributed by atoms with Crippen molar-refractivity contribution in [3.8, 4) is 17.2 Å². The van der Waals surface area contributed by atoms with Crippen molar-refractivity contribution in [2.45, 2.75) is 66.0 Å². The number of carbonyl (C=O) groups excluding carboxylic acids is 1.